The van der Waals surface area contributed by atoms with Gasteiger partial charge in [0.25, 0.3) is 5.56 Å². The Bertz CT molecular complexity index is 1240. The van der Waals surface area contributed by atoms with Crippen molar-refractivity contribution in [1.82, 2.24) is 9.72 Å². The Morgan fingerprint density at radius 1 is 1.25 bits per heavy atom. The number of ether oxygens (including phenoxy) is 2. The monoisotopic (exact) mass is 501 g/mol. The number of aromatic nitrogens is 1. The molecule has 0 aromatic carbocycles. The Labute approximate surface area is 210 Å². The van der Waals surface area contributed by atoms with Gasteiger partial charge in [-0.05, 0) is 89.8 Å². The summed E-state index contributed by atoms with van der Waals surface area (Å²) in [5.74, 6) is -0.855. The largest absolute Gasteiger partial charge is 0.462 e. The average Bonchev–Trinajstić information content (AvgIpc) is 3.50. The first kappa shape index (κ1) is 26.0. The molecule has 196 valence electrons. The summed E-state index contributed by atoms with van der Waals surface area (Å²) in [4.78, 5) is 39.8. The molecule has 0 unspecified atom stereocenters. The smallest absolute Gasteiger partial charge is 0.407 e. The average molecular weight is 502 g/mol. The molecule has 0 bridgehead atoms. The van der Waals surface area contributed by atoms with Crippen LogP contribution < -0.4 is 15.8 Å². The van der Waals surface area contributed by atoms with E-state index in [0.717, 1.165) is 24.8 Å². The number of carbonyl (C=O) groups is 2. The van der Waals surface area contributed by atoms with E-state index in [9.17, 15) is 14.4 Å². The van der Waals surface area contributed by atoms with E-state index in [2.05, 4.69) is 5.32 Å². The van der Waals surface area contributed by atoms with Crippen LogP contribution in [0, 0.1) is 18.7 Å². The molecule has 2 aliphatic rings. The van der Waals surface area contributed by atoms with Crippen molar-refractivity contribution in [2.45, 2.75) is 78.4 Å². The van der Waals surface area contributed by atoms with Gasteiger partial charge in [-0.15, -0.1) is 0 Å². The van der Waals surface area contributed by atoms with Crippen molar-refractivity contribution >= 4 is 23.3 Å². The van der Waals surface area contributed by atoms with Gasteiger partial charge < -0.3 is 19.7 Å². The van der Waals surface area contributed by atoms with E-state index in [1.165, 1.54) is 10.6 Å². The van der Waals surface area contributed by atoms with Crippen molar-refractivity contribution in [3.63, 3.8) is 0 Å². The highest BCUT2D eigenvalue weighted by molar-refractivity contribution is 5.90. The van der Waals surface area contributed by atoms with Crippen LogP contribution in [-0.2, 0) is 9.47 Å². The number of alkyl carbamates (subject to hydrolysis) is 1. The lowest BCUT2D eigenvalue weighted by molar-refractivity contribution is 0.0491. The fourth-order valence-corrected chi connectivity index (χ4v) is 5.10. The van der Waals surface area contributed by atoms with Gasteiger partial charge >= 0.3 is 12.1 Å². The molecule has 8 nitrogen and oxygen atoms in total. The predicted molar refractivity (Wildman–Crippen MR) is 135 cm³/mol. The summed E-state index contributed by atoms with van der Waals surface area (Å²) in [5.41, 5.74) is 1.47. The minimum absolute atomic E-state index is 0.0638. The van der Waals surface area contributed by atoms with E-state index in [1.807, 2.05) is 39.5 Å². The topological polar surface area (TPSA) is 89.3 Å². The van der Waals surface area contributed by atoms with Crippen molar-refractivity contribution < 1.29 is 23.5 Å². The van der Waals surface area contributed by atoms with Crippen LogP contribution >= 0.6 is 0 Å². The highest BCUT2D eigenvalue weighted by Crippen LogP contribution is 2.44. The maximum absolute atomic E-state index is 15.6. The summed E-state index contributed by atoms with van der Waals surface area (Å²) in [7, 11) is 0. The Kier molecular flexibility index (Phi) is 7.03. The lowest BCUT2D eigenvalue weighted by Gasteiger charge is -2.26. The third-order valence-corrected chi connectivity index (χ3v) is 6.95. The summed E-state index contributed by atoms with van der Waals surface area (Å²) < 4.78 is 27.3. The molecule has 0 spiro atoms. The standard InChI is InChI=1S/C27H36FN3O5/c1-7-35-25(33)20-12-19(17-8-9-17)22-15(2)23(21(28)14-31(22)24(20)32)30-11-10-18(13-30)16(3)29-26(34)36-27(4,5)6/h12,14,16-18H,7-11,13H2,1-6H3,(H,29,34)/t16-,18+/m1/s1. The van der Waals surface area contributed by atoms with Crippen molar-refractivity contribution in [1.29, 1.82) is 0 Å². The molecule has 3 heterocycles. The molecule has 9 heteroatoms. The molecule has 2 fully saturated rings. The maximum Gasteiger partial charge on any atom is 0.407 e. The van der Waals surface area contributed by atoms with Crippen LogP contribution in [0.3, 0.4) is 0 Å². The maximum atomic E-state index is 15.6. The number of nitrogens with one attached hydrogen (secondary N) is 1. The van der Waals surface area contributed by atoms with Crippen LogP contribution in [0.15, 0.2) is 17.1 Å². The quantitative estimate of drug-likeness (QED) is 0.585. The first-order valence-electron chi connectivity index (χ1n) is 12.7. The third kappa shape index (κ3) is 5.20. The van der Waals surface area contributed by atoms with E-state index in [1.54, 1.807) is 13.0 Å². The van der Waals surface area contributed by atoms with Crippen molar-refractivity contribution in [2.75, 3.05) is 24.6 Å². The SMILES string of the molecule is CCOC(=O)c1cc(C2CC2)c2c(C)c(N3CC[C@H]([C@@H](C)NC(=O)OC(C)(C)C)C3)c(F)cn2c1=O. The number of amides is 1. The van der Waals surface area contributed by atoms with E-state index in [-0.39, 0.29) is 30.0 Å². The summed E-state index contributed by atoms with van der Waals surface area (Å²) in [5, 5.41) is 2.91. The van der Waals surface area contributed by atoms with Crippen LogP contribution in [0.4, 0.5) is 14.9 Å². The Morgan fingerprint density at radius 2 is 1.94 bits per heavy atom. The van der Waals surface area contributed by atoms with Gasteiger partial charge in [0, 0.05) is 19.1 Å². The zero-order valence-corrected chi connectivity index (χ0v) is 21.9. The fraction of sp³-hybridized carbons (Fsp3) is 0.593. The van der Waals surface area contributed by atoms with Gasteiger partial charge in [-0.2, -0.15) is 0 Å². The second-order valence-electron chi connectivity index (χ2n) is 10.9. The zero-order valence-electron chi connectivity index (χ0n) is 21.9. The number of pyridine rings is 2. The minimum Gasteiger partial charge on any atom is -0.462 e. The van der Waals surface area contributed by atoms with Crippen LogP contribution in [0.2, 0.25) is 0 Å². The van der Waals surface area contributed by atoms with Crippen molar-refractivity contribution in [3.05, 3.63) is 45.1 Å². The highest BCUT2D eigenvalue weighted by atomic mass is 19.1. The summed E-state index contributed by atoms with van der Waals surface area (Å²) in [6, 6.07) is 1.49. The molecule has 1 saturated carbocycles. The lowest BCUT2D eigenvalue weighted by atomic mass is 10.0. The molecule has 1 amide bonds. The molecule has 36 heavy (non-hydrogen) atoms. The van der Waals surface area contributed by atoms with Crippen LogP contribution in [0.25, 0.3) is 5.52 Å². The lowest BCUT2D eigenvalue weighted by Crippen LogP contribution is -2.42. The van der Waals surface area contributed by atoms with Gasteiger partial charge in [0.05, 0.1) is 24.0 Å². The molecule has 2 atom stereocenters. The predicted octanol–water partition coefficient (Wildman–Crippen LogP) is 4.54. The third-order valence-electron chi connectivity index (χ3n) is 6.95. The van der Waals surface area contributed by atoms with E-state index < -0.39 is 29.0 Å². The number of halogens is 1. The number of rotatable bonds is 6. The van der Waals surface area contributed by atoms with Gasteiger partial charge in [0.2, 0.25) is 0 Å². The molecule has 1 N–H and O–H groups in total. The molecular weight excluding hydrogens is 465 g/mol. The number of carbonyl (C=O) groups excluding carboxylic acids is 2. The zero-order chi connectivity index (χ0) is 26.4. The fourth-order valence-electron chi connectivity index (χ4n) is 5.10. The minimum atomic E-state index is -0.685. The highest BCUT2D eigenvalue weighted by Gasteiger charge is 2.34. The van der Waals surface area contributed by atoms with Gasteiger partial charge in [-0.3, -0.25) is 9.20 Å². The molecule has 1 aliphatic heterocycles. The molecule has 0 radical (unpaired) electrons. The molecule has 2 aromatic rings. The van der Waals surface area contributed by atoms with Gasteiger partial charge in [0.15, 0.2) is 5.82 Å². The summed E-state index contributed by atoms with van der Waals surface area (Å²) in [6.07, 6.45) is 3.44. The number of fused-ring (bicyclic) bond motifs is 1. The van der Waals surface area contributed by atoms with E-state index in [0.29, 0.717) is 29.9 Å². The number of hydrogen-bond acceptors (Lipinski definition) is 6. The number of aryl methyl sites for hydroxylation is 1. The molecular formula is C27H36FN3O5. The van der Waals surface area contributed by atoms with Gasteiger partial charge in [0.1, 0.15) is 11.2 Å². The van der Waals surface area contributed by atoms with Crippen LogP contribution in [-0.4, -0.2) is 47.8 Å². The summed E-state index contributed by atoms with van der Waals surface area (Å²) >= 11 is 0. The molecule has 1 saturated heterocycles. The number of esters is 1. The summed E-state index contributed by atoms with van der Waals surface area (Å²) in [6.45, 7) is 12.2. The second kappa shape index (κ2) is 9.75. The Morgan fingerprint density at radius 3 is 2.56 bits per heavy atom. The molecule has 2 aromatic heterocycles. The normalized spacial score (nSPS) is 18.9. The van der Waals surface area contributed by atoms with Gasteiger partial charge in [-0.1, -0.05) is 0 Å². The van der Waals surface area contributed by atoms with Crippen molar-refractivity contribution in [2.24, 2.45) is 5.92 Å². The van der Waals surface area contributed by atoms with Crippen LogP contribution in [0.5, 0.6) is 0 Å². The van der Waals surface area contributed by atoms with E-state index in [4.69, 9.17) is 9.47 Å². The van der Waals surface area contributed by atoms with Crippen molar-refractivity contribution in [3.8, 4) is 0 Å². The second-order valence-corrected chi connectivity index (χ2v) is 10.9. The molecule has 1 aliphatic carbocycles. The number of anilines is 1. The first-order chi connectivity index (χ1) is 16.9. The number of nitrogens with zero attached hydrogens (tertiary/aromatic N) is 2. The molecule has 4 rings (SSSR count). The Balaban J connectivity index is 1.65. The first-order valence-corrected chi connectivity index (χ1v) is 12.7. The van der Waals surface area contributed by atoms with Gasteiger partial charge in [-0.25, -0.2) is 14.0 Å². The Hall–Kier alpha value is -3.10. The number of hydrogen-bond donors (Lipinski definition) is 1. The van der Waals surface area contributed by atoms with E-state index >= 15 is 4.39 Å². The van der Waals surface area contributed by atoms with Crippen LogP contribution in [0.1, 0.15) is 81.3 Å².